The molecule has 7 nitrogen and oxygen atoms in total. The van der Waals surface area contributed by atoms with E-state index in [1.54, 1.807) is 39.8 Å². The van der Waals surface area contributed by atoms with Gasteiger partial charge in [-0.15, -0.1) is 0 Å². The molecule has 1 rings (SSSR count). The quantitative estimate of drug-likeness (QED) is 0.428. The van der Waals surface area contributed by atoms with Crippen LogP contribution in [0.1, 0.15) is 48.5 Å². The monoisotopic (exact) mass is 355 g/mol. The van der Waals surface area contributed by atoms with Crippen LogP contribution in [0.4, 0.5) is 4.79 Å². The molecule has 1 amide bonds. The Bertz CT molecular complexity index is 548. The normalized spacial score (nSPS) is 21.2. The summed E-state index contributed by atoms with van der Waals surface area (Å²) in [6.07, 6.45) is 1.70. The Hall–Kier alpha value is -2.05. The van der Waals surface area contributed by atoms with Gasteiger partial charge in [0.1, 0.15) is 11.7 Å². The van der Waals surface area contributed by atoms with Gasteiger partial charge in [0, 0.05) is 13.5 Å². The van der Waals surface area contributed by atoms with Gasteiger partial charge in [-0.05, 0) is 39.7 Å². The van der Waals surface area contributed by atoms with Crippen LogP contribution >= 0.6 is 0 Å². The molecule has 0 fully saturated rings. The predicted octanol–water partition coefficient (Wildman–Crippen LogP) is 2.68. The standard InChI is InChI=1S/C18H29NO6/c1-8-23-15(21)18(14(12(2)3)24-13(4)20)10-9-11-19(18)16(22)25-17(5,6)7/h9-10,12,14H,8,11H2,1-7H3. The largest absolute Gasteiger partial charge is 0.464 e. The van der Waals surface area contributed by atoms with Crippen molar-refractivity contribution < 1.29 is 28.6 Å². The summed E-state index contributed by atoms with van der Waals surface area (Å²) in [5.41, 5.74) is -2.27. The first kappa shape index (κ1) is 21.0. The first-order valence-corrected chi connectivity index (χ1v) is 8.48. The molecule has 0 aromatic rings. The zero-order chi connectivity index (χ0) is 19.4. The van der Waals surface area contributed by atoms with Crippen molar-refractivity contribution in [1.29, 1.82) is 0 Å². The Morgan fingerprint density at radius 2 is 1.84 bits per heavy atom. The highest BCUT2D eigenvalue weighted by Crippen LogP contribution is 2.35. The fraction of sp³-hybridized carbons (Fsp3) is 0.722. The molecule has 1 heterocycles. The van der Waals surface area contributed by atoms with Crippen molar-refractivity contribution in [3.63, 3.8) is 0 Å². The van der Waals surface area contributed by atoms with E-state index in [9.17, 15) is 14.4 Å². The van der Waals surface area contributed by atoms with Crippen molar-refractivity contribution in [3.05, 3.63) is 12.2 Å². The van der Waals surface area contributed by atoms with Crippen LogP contribution in [0.15, 0.2) is 12.2 Å². The van der Waals surface area contributed by atoms with Gasteiger partial charge in [-0.1, -0.05) is 19.9 Å². The number of ether oxygens (including phenoxy) is 3. The Morgan fingerprint density at radius 3 is 2.28 bits per heavy atom. The van der Waals surface area contributed by atoms with Crippen LogP contribution in [-0.4, -0.2) is 53.3 Å². The number of nitrogens with zero attached hydrogens (tertiary/aromatic N) is 1. The zero-order valence-electron chi connectivity index (χ0n) is 16.1. The molecule has 0 spiro atoms. The number of hydrogen-bond donors (Lipinski definition) is 0. The highest BCUT2D eigenvalue weighted by molar-refractivity contribution is 5.90. The summed E-state index contributed by atoms with van der Waals surface area (Å²) in [5, 5.41) is 0. The fourth-order valence-electron chi connectivity index (χ4n) is 2.82. The molecule has 2 unspecified atom stereocenters. The van der Waals surface area contributed by atoms with Gasteiger partial charge in [-0.3, -0.25) is 9.69 Å². The lowest BCUT2D eigenvalue weighted by Gasteiger charge is -2.42. The molecule has 1 aliphatic heterocycles. The summed E-state index contributed by atoms with van der Waals surface area (Å²) in [7, 11) is 0. The highest BCUT2D eigenvalue weighted by Gasteiger charge is 2.57. The molecular weight excluding hydrogens is 326 g/mol. The van der Waals surface area contributed by atoms with Crippen LogP contribution in [0.3, 0.4) is 0 Å². The minimum atomic E-state index is -1.54. The predicted molar refractivity (Wildman–Crippen MR) is 91.8 cm³/mol. The maximum atomic E-state index is 12.9. The number of amides is 1. The molecule has 0 aliphatic carbocycles. The summed E-state index contributed by atoms with van der Waals surface area (Å²) >= 11 is 0. The number of carbonyl (C=O) groups excluding carboxylic acids is 3. The van der Waals surface area contributed by atoms with E-state index in [4.69, 9.17) is 14.2 Å². The second-order valence-corrected chi connectivity index (χ2v) is 7.31. The molecule has 7 heteroatoms. The molecule has 0 aromatic heterocycles. The number of hydrogen-bond acceptors (Lipinski definition) is 6. The summed E-state index contributed by atoms with van der Waals surface area (Å²) in [4.78, 5) is 38.5. The topological polar surface area (TPSA) is 82.1 Å². The molecule has 1 aliphatic rings. The average molecular weight is 355 g/mol. The summed E-state index contributed by atoms with van der Waals surface area (Å²) in [6.45, 7) is 12.1. The lowest BCUT2D eigenvalue weighted by molar-refractivity contribution is -0.172. The van der Waals surface area contributed by atoms with Crippen molar-refractivity contribution in [3.8, 4) is 0 Å². The van der Waals surface area contributed by atoms with Crippen LogP contribution < -0.4 is 0 Å². The van der Waals surface area contributed by atoms with Crippen LogP contribution in [0, 0.1) is 5.92 Å². The first-order valence-electron chi connectivity index (χ1n) is 8.48. The van der Waals surface area contributed by atoms with Gasteiger partial charge in [0.25, 0.3) is 0 Å². The van der Waals surface area contributed by atoms with Crippen LogP contribution in [-0.2, 0) is 23.8 Å². The Balaban J connectivity index is 3.38. The van der Waals surface area contributed by atoms with Gasteiger partial charge in [-0.25, -0.2) is 9.59 Å². The molecule has 0 aromatic carbocycles. The summed E-state index contributed by atoms with van der Waals surface area (Å²) in [6, 6.07) is 0. The smallest absolute Gasteiger partial charge is 0.411 e. The van der Waals surface area contributed by atoms with E-state index in [2.05, 4.69) is 0 Å². The van der Waals surface area contributed by atoms with Gasteiger partial charge in [0.2, 0.25) is 0 Å². The summed E-state index contributed by atoms with van der Waals surface area (Å²) < 4.78 is 16.1. The maximum Gasteiger partial charge on any atom is 0.411 e. The van der Waals surface area contributed by atoms with Crippen LogP contribution in [0.25, 0.3) is 0 Å². The third-order valence-electron chi connectivity index (χ3n) is 3.66. The van der Waals surface area contributed by atoms with E-state index >= 15 is 0 Å². The third-order valence-corrected chi connectivity index (χ3v) is 3.66. The maximum absolute atomic E-state index is 12.9. The van der Waals surface area contributed by atoms with Crippen molar-refractivity contribution in [1.82, 2.24) is 4.90 Å². The Labute approximate surface area is 149 Å². The van der Waals surface area contributed by atoms with E-state index < -0.39 is 35.3 Å². The van der Waals surface area contributed by atoms with Gasteiger partial charge < -0.3 is 14.2 Å². The van der Waals surface area contributed by atoms with E-state index in [1.807, 2.05) is 13.8 Å². The van der Waals surface area contributed by atoms with E-state index in [1.165, 1.54) is 11.8 Å². The summed E-state index contributed by atoms with van der Waals surface area (Å²) in [5.74, 6) is -1.41. The molecule has 0 saturated carbocycles. The van der Waals surface area contributed by atoms with Crippen molar-refractivity contribution in [2.45, 2.75) is 65.7 Å². The van der Waals surface area contributed by atoms with Crippen LogP contribution in [0.5, 0.6) is 0 Å². The van der Waals surface area contributed by atoms with Gasteiger partial charge in [0.05, 0.1) is 6.61 Å². The van der Waals surface area contributed by atoms with Crippen LogP contribution in [0.2, 0.25) is 0 Å². The average Bonchev–Trinajstić information content (AvgIpc) is 2.88. The molecular formula is C18H29NO6. The first-order chi connectivity index (χ1) is 11.5. The van der Waals surface area contributed by atoms with Gasteiger partial charge in [0.15, 0.2) is 5.54 Å². The van der Waals surface area contributed by atoms with E-state index in [0.29, 0.717) is 0 Å². The molecule has 0 saturated heterocycles. The number of carbonyl (C=O) groups is 3. The number of rotatable bonds is 5. The molecule has 25 heavy (non-hydrogen) atoms. The SMILES string of the molecule is CCOC(=O)C1(C(OC(C)=O)C(C)C)C=CCN1C(=O)OC(C)(C)C. The van der Waals surface area contributed by atoms with Crippen molar-refractivity contribution in [2.75, 3.05) is 13.2 Å². The lowest BCUT2D eigenvalue weighted by Crippen LogP contribution is -2.64. The minimum absolute atomic E-state index is 0.140. The fourth-order valence-corrected chi connectivity index (χ4v) is 2.82. The highest BCUT2D eigenvalue weighted by atomic mass is 16.6. The van der Waals surface area contributed by atoms with Gasteiger partial charge >= 0.3 is 18.0 Å². The molecule has 0 N–H and O–H groups in total. The second-order valence-electron chi connectivity index (χ2n) is 7.31. The molecule has 0 bridgehead atoms. The van der Waals surface area contributed by atoms with E-state index in [0.717, 1.165) is 0 Å². The zero-order valence-corrected chi connectivity index (χ0v) is 16.1. The second kappa shape index (κ2) is 7.89. The number of esters is 2. The third kappa shape index (κ3) is 4.74. The molecule has 142 valence electrons. The van der Waals surface area contributed by atoms with Crippen molar-refractivity contribution in [2.24, 2.45) is 5.92 Å². The molecule has 0 radical (unpaired) electrons. The van der Waals surface area contributed by atoms with E-state index in [-0.39, 0.29) is 19.1 Å². The van der Waals surface area contributed by atoms with Crippen molar-refractivity contribution >= 4 is 18.0 Å². The Kier molecular flexibility index (Phi) is 6.62. The molecule has 2 atom stereocenters. The minimum Gasteiger partial charge on any atom is -0.464 e. The van der Waals surface area contributed by atoms with Gasteiger partial charge in [-0.2, -0.15) is 0 Å². The Morgan fingerprint density at radius 1 is 1.24 bits per heavy atom. The lowest BCUT2D eigenvalue weighted by atomic mass is 9.84.